The van der Waals surface area contributed by atoms with Crippen LogP contribution in [0.3, 0.4) is 0 Å². The number of urea groups is 1. The van der Waals surface area contributed by atoms with E-state index in [1.54, 1.807) is 7.11 Å². The summed E-state index contributed by atoms with van der Waals surface area (Å²) in [4.78, 5) is 27.6. The van der Waals surface area contributed by atoms with Crippen molar-refractivity contribution in [2.24, 2.45) is 0 Å². The number of carbonyl (C=O) groups is 2. The number of carbonyl (C=O) groups excluding carboxylic acids is 2. The molecule has 2 heterocycles. The molecule has 0 unspecified atom stereocenters. The van der Waals surface area contributed by atoms with Crippen molar-refractivity contribution < 1.29 is 14.3 Å². The quantitative estimate of drug-likeness (QED) is 0.823. The van der Waals surface area contributed by atoms with E-state index in [0.717, 1.165) is 32.1 Å². The Morgan fingerprint density at radius 3 is 2.31 bits per heavy atom. The van der Waals surface area contributed by atoms with E-state index < -0.39 is 0 Å². The number of rotatable bonds is 4. The third kappa shape index (κ3) is 4.21. The maximum absolute atomic E-state index is 13.1. The van der Waals surface area contributed by atoms with Crippen molar-refractivity contribution in [2.45, 2.75) is 50.2 Å². The maximum atomic E-state index is 13.1. The number of amides is 3. The molecule has 0 aromatic heterocycles. The van der Waals surface area contributed by atoms with Crippen LogP contribution >= 0.6 is 0 Å². The van der Waals surface area contributed by atoms with Crippen LogP contribution in [0.25, 0.3) is 0 Å². The van der Waals surface area contributed by atoms with Crippen molar-refractivity contribution in [3.63, 3.8) is 0 Å². The Labute approximate surface area is 171 Å². The number of nitrogens with zero attached hydrogens (tertiary/aromatic N) is 1. The predicted molar refractivity (Wildman–Crippen MR) is 112 cm³/mol. The van der Waals surface area contributed by atoms with Gasteiger partial charge in [-0.25, -0.2) is 4.79 Å². The molecule has 2 fully saturated rings. The summed E-state index contributed by atoms with van der Waals surface area (Å²) in [7, 11) is 1.60. The number of ether oxygens (including phenoxy) is 1. The van der Waals surface area contributed by atoms with Crippen molar-refractivity contribution >= 4 is 17.6 Å². The van der Waals surface area contributed by atoms with Gasteiger partial charge in [-0.2, -0.15) is 0 Å². The SMILES string of the molecule is COc1ccccc1NC(=O)N1[C@H]2CCC[C@H]1CC(NC(=O)c1ccccc1)C2. The van der Waals surface area contributed by atoms with Crippen LogP contribution in [0.4, 0.5) is 10.5 Å². The highest BCUT2D eigenvalue weighted by molar-refractivity contribution is 5.94. The van der Waals surface area contributed by atoms with Gasteiger partial charge in [0.1, 0.15) is 5.75 Å². The predicted octanol–water partition coefficient (Wildman–Crippen LogP) is 4.04. The van der Waals surface area contributed by atoms with Crippen molar-refractivity contribution in [2.75, 3.05) is 12.4 Å². The van der Waals surface area contributed by atoms with Gasteiger partial charge in [0.05, 0.1) is 12.8 Å². The Morgan fingerprint density at radius 1 is 0.966 bits per heavy atom. The molecule has 3 amide bonds. The van der Waals surface area contributed by atoms with Crippen LogP contribution in [0.2, 0.25) is 0 Å². The summed E-state index contributed by atoms with van der Waals surface area (Å²) in [6.07, 6.45) is 4.62. The van der Waals surface area contributed by atoms with Crippen LogP contribution in [0, 0.1) is 0 Å². The fourth-order valence-electron chi connectivity index (χ4n) is 4.62. The summed E-state index contributed by atoms with van der Waals surface area (Å²) in [5.41, 5.74) is 1.35. The fraction of sp³-hybridized carbons (Fsp3) is 0.391. The molecule has 2 saturated heterocycles. The minimum absolute atomic E-state index is 0.0411. The lowest BCUT2D eigenvalue weighted by Crippen LogP contribution is -2.59. The van der Waals surface area contributed by atoms with E-state index >= 15 is 0 Å². The average Bonchev–Trinajstić information content (AvgIpc) is 2.74. The van der Waals surface area contributed by atoms with Crippen molar-refractivity contribution in [3.05, 3.63) is 60.2 Å². The zero-order chi connectivity index (χ0) is 20.2. The lowest BCUT2D eigenvalue weighted by Gasteiger charge is -2.48. The number of hydrogen-bond donors (Lipinski definition) is 2. The third-order valence-electron chi connectivity index (χ3n) is 5.93. The van der Waals surface area contributed by atoms with Gasteiger partial charge >= 0.3 is 6.03 Å². The summed E-state index contributed by atoms with van der Waals surface area (Å²) in [5.74, 6) is 0.608. The first-order valence-electron chi connectivity index (χ1n) is 10.2. The Morgan fingerprint density at radius 2 is 1.62 bits per heavy atom. The molecule has 2 aliphatic rings. The van der Waals surface area contributed by atoms with E-state index in [0.29, 0.717) is 17.0 Å². The van der Waals surface area contributed by atoms with Gasteiger partial charge in [-0.1, -0.05) is 30.3 Å². The highest BCUT2D eigenvalue weighted by Crippen LogP contribution is 2.35. The Balaban J connectivity index is 1.43. The molecule has 152 valence electrons. The van der Waals surface area contributed by atoms with E-state index in [9.17, 15) is 9.59 Å². The van der Waals surface area contributed by atoms with Crippen LogP contribution < -0.4 is 15.4 Å². The molecule has 29 heavy (non-hydrogen) atoms. The van der Waals surface area contributed by atoms with Gasteiger partial charge < -0.3 is 20.3 Å². The summed E-state index contributed by atoms with van der Waals surface area (Å²) in [6.45, 7) is 0. The Hall–Kier alpha value is -3.02. The van der Waals surface area contributed by atoms with E-state index in [1.807, 2.05) is 59.5 Å². The molecule has 0 radical (unpaired) electrons. The van der Waals surface area contributed by atoms with Gasteiger partial charge in [-0.15, -0.1) is 0 Å². The summed E-state index contributed by atoms with van der Waals surface area (Å²) >= 11 is 0. The smallest absolute Gasteiger partial charge is 0.322 e. The van der Waals surface area contributed by atoms with E-state index in [-0.39, 0.29) is 30.1 Å². The number of benzene rings is 2. The number of fused-ring (bicyclic) bond motifs is 2. The second-order valence-electron chi connectivity index (χ2n) is 7.78. The zero-order valence-corrected chi connectivity index (χ0v) is 16.6. The summed E-state index contributed by atoms with van der Waals surface area (Å²) in [5, 5.41) is 6.19. The van der Waals surface area contributed by atoms with E-state index in [1.165, 1.54) is 0 Å². The molecular formula is C23H27N3O3. The number of anilines is 1. The third-order valence-corrected chi connectivity index (χ3v) is 5.93. The average molecular weight is 393 g/mol. The van der Waals surface area contributed by atoms with Crippen LogP contribution in [-0.2, 0) is 0 Å². The van der Waals surface area contributed by atoms with Gasteiger partial charge in [0.25, 0.3) is 5.91 Å². The molecule has 0 saturated carbocycles. The second kappa shape index (κ2) is 8.55. The van der Waals surface area contributed by atoms with Crippen LogP contribution in [-0.4, -0.2) is 42.1 Å². The lowest BCUT2D eigenvalue weighted by molar-refractivity contribution is 0.0576. The topological polar surface area (TPSA) is 70.7 Å². The van der Waals surface area contributed by atoms with Crippen molar-refractivity contribution in [1.82, 2.24) is 10.2 Å². The molecule has 2 aromatic rings. The standard InChI is InChI=1S/C23H27N3O3/c1-29-21-13-6-5-12-20(21)25-23(28)26-18-10-7-11-19(26)15-17(14-18)24-22(27)16-8-3-2-4-9-16/h2-6,8-9,12-13,17-19H,7,10-11,14-15H2,1H3,(H,24,27)(H,25,28)/t18-,19-/m0/s1. The Kier molecular flexibility index (Phi) is 5.69. The number of para-hydroxylation sites is 2. The van der Waals surface area contributed by atoms with Crippen molar-refractivity contribution in [1.29, 1.82) is 0 Å². The maximum Gasteiger partial charge on any atom is 0.322 e. The van der Waals surface area contributed by atoms with Gasteiger partial charge in [0, 0.05) is 23.7 Å². The minimum atomic E-state index is -0.0861. The molecule has 2 aromatic carbocycles. The number of hydrogen-bond acceptors (Lipinski definition) is 3. The molecule has 2 atom stereocenters. The molecule has 4 rings (SSSR count). The van der Waals surface area contributed by atoms with Crippen LogP contribution in [0.15, 0.2) is 54.6 Å². The molecular weight excluding hydrogens is 366 g/mol. The number of piperidine rings is 2. The zero-order valence-electron chi connectivity index (χ0n) is 16.6. The molecule has 6 nitrogen and oxygen atoms in total. The molecule has 2 N–H and O–H groups in total. The fourth-order valence-corrected chi connectivity index (χ4v) is 4.62. The highest BCUT2D eigenvalue weighted by Gasteiger charge is 2.41. The molecule has 6 heteroatoms. The van der Waals surface area contributed by atoms with Gasteiger partial charge in [0.2, 0.25) is 0 Å². The minimum Gasteiger partial charge on any atom is -0.495 e. The van der Waals surface area contributed by atoms with Crippen LogP contribution in [0.5, 0.6) is 5.75 Å². The normalized spacial score (nSPS) is 23.2. The first-order valence-corrected chi connectivity index (χ1v) is 10.2. The molecule has 2 aliphatic heterocycles. The monoisotopic (exact) mass is 393 g/mol. The van der Waals surface area contributed by atoms with Gasteiger partial charge in [0.15, 0.2) is 0 Å². The largest absolute Gasteiger partial charge is 0.495 e. The van der Waals surface area contributed by atoms with Gasteiger partial charge in [-0.05, 0) is 56.4 Å². The summed E-state index contributed by atoms with van der Waals surface area (Å²) in [6, 6.07) is 17.0. The van der Waals surface area contributed by atoms with Crippen LogP contribution in [0.1, 0.15) is 42.5 Å². The Bertz CT molecular complexity index is 857. The second-order valence-corrected chi connectivity index (χ2v) is 7.78. The summed E-state index contributed by atoms with van der Waals surface area (Å²) < 4.78 is 5.35. The van der Waals surface area contributed by atoms with E-state index in [2.05, 4.69) is 10.6 Å². The number of nitrogens with one attached hydrogen (secondary N) is 2. The molecule has 0 aliphatic carbocycles. The van der Waals surface area contributed by atoms with E-state index in [4.69, 9.17) is 4.74 Å². The first kappa shape index (κ1) is 19.3. The molecule has 0 spiro atoms. The van der Waals surface area contributed by atoms with Crippen molar-refractivity contribution in [3.8, 4) is 5.75 Å². The van der Waals surface area contributed by atoms with Gasteiger partial charge in [-0.3, -0.25) is 4.79 Å². The molecule has 2 bridgehead atoms. The first-order chi connectivity index (χ1) is 14.2. The number of methoxy groups -OCH3 is 1. The lowest BCUT2D eigenvalue weighted by atomic mass is 9.82. The highest BCUT2D eigenvalue weighted by atomic mass is 16.5.